The minimum atomic E-state index is -5.19. The first-order valence-corrected chi connectivity index (χ1v) is 7.73. The van der Waals surface area contributed by atoms with Crippen LogP contribution in [0.2, 0.25) is 0 Å². The van der Waals surface area contributed by atoms with Gasteiger partial charge in [0, 0.05) is 18.7 Å². The molecular formula is C13H12F3N5O3S-2. The second-order valence-corrected chi connectivity index (χ2v) is 5.96. The summed E-state index contributed by atoms with van der Waals surface area (Å²) in [6.45, 7) is 1.15. The Morgan fingerprint density at radius 1 is 1.48 bits per heavy atom. The van der Waals surface area contributed by atoms with Gasteiger partial charge in [-0.3, -0.25) is 4.79 Å². The summed E-state index contributed by atoms with van der Waals surface area (Å²) in [5, 5.41) is 10.7. The summed E-state index contributed by atoms with van der Waals surface area (Å²) >= 11 is 1.49. The van der Waals surface area contributed by atoms with Crippen molar-refractivity contribution in [3.8, 4) is 0 Å². The highest BCUT2D eigenvalue weighted by Gasteiger charge is 2.28. The molecule has 12 heteroatoms. The zero-order valence-electron chi connectivity index (χ0n) is 12.5. The van der Waals surface area contributed by atoms with Gasteiger partial charge in [-0.15, -0.1) is 11.3 Å². The molecular weight excluding hydrogens is 363 g/mol. The summed E-state index contributed by atoms with van der Waals surface area (Å²) in [7, 11) is 0. The molecule has 136 valence electrons. The molecule has 3 heterocycles. The molecule has 1 aliphatic heterocycles. The van der Waals surface area contributed by atoms with Crippen LogP contribution in [0, 0.1) is 0 Å². The van der Waals surface area contributed by atoms with Gasteiger partial charge in [0.1, 0.15) is 18.1 Å². The van der Waals surface area contributed by atoms with Crippen LogP contribution in [-0.4, -0.2) is 45.5 Å². The molecule has 1 fully saturated rings. The van der Waals surface area contributed by atoms with Gasteiger partial charge in [-0.25, -0.2) is 9.97 Å². The normalized spacial score (nSPS) is 17.5. The maximum Gasteiger partial charge on any atom is 0.430 e. The fourth-order valence-corrected chi connectivity index (χ4v) is 3.05. The number of thiophene rings is 1. The van der Waals surface area contributed by atoms with E-state index in [0.717, 1.165) is 15.8 Å². The van der Waals surface area contributed by atoms with Gasteiger partial charge in [-0.1, -0.05) is 6.04 Å². The van der Waals surface area contributed by atoms with Crippen molar-refractivity contribution < 1.29 is 27.9 Å². The van der Waals surface area contributed by atoms with Crippen molar-refractivity contribution in [2.45, 2.75) is 25.2 Å². The average molecular weight is 375 g/mol. The number of aliphatic carboxylic acids is 1. The Labute approximate surface area is 143 Å². The number of alkyl halides is 3. The van der Waals surface area contributed by atoms with E-state index in [0.29, 0.717) is 25.3 Å². The Hall–Kier alpha value is -2.47. The van der Waals surface area contributed by atoms with Crippen LogP contribution in [0.25, 0.3) is 16.0 Å². The number of amides is 1. The maximum absolute atomic E-state index is 11.7. The molecule has 25 heavy (non-hydrogen) atoms. The summed E-state index contributed by atoms with van der Waals surface area (Å²) in [5.41, 5.74) is 15.1. The van der Waals surface area contributed by atoms with Crippen LogP contribution >= 0.6 is 11.3 Å². The van der Waals surface area contributed by atoms with Crippen LogP contribution in [0.1, 0.15) is 12.0 Å². The Bertz CT molecular complexity index is 795. The third-order valence-electron chi connectivity index (χ3n) is 3.34. The molecule has 2 aromatic heterocycles. The van der Waals surface area contributed by atoms with Gasteiger partial charge in [0.05, 0.1) is 10.2 Å². The van der Waals surface area contributed by atoms with Gasteiger partial charge in [0.15, 0.2) is 0 Å². The molecule has 0 bridgehead atoms. The Morgan fingerprint density at radius 2 is 2.12 bits per heavy atom. The fraction of sp³-hybridized carbons (Fsp3) is 0.385. The van der Waals surface area contributed by atoms with E-state index in [1.165, 1.54) is 17.7 Å². The molecule has 2 aromatic rings. The number of nitrogens with one attached hydrogen (secondary N) is 1. The minimum absolute atomic E-state index is 0.101. The first-order valence-electron chi connectivity index (χ1n) is 6.86. The monoisotopic (exact) mass is 375 g/mol. The molecule has 0 spiro atoms. The van der Waals surface area contributed by atoms with E-state index < -0.39 is 18.2 Å². The molecule has 8 nitrogen and oxygen atoms in total. The molecule has 0 radical (unpaired) electrons. The number of nitrogens with two attached hydrogens (primary N) is 1. The first-order chi connectivity index (χ1) is 11.6. The first kappa shape index (κ1) is 18.9. The van der Waals surface area contributed by atoms with Gasteiger partial charge in [-0.2, -0.15) is 13.2 Å². The SMILES string of the molecule is O=C([O-])C(F)(F)F.[NH-][C@H]1CCN(Cc2csc3c(N)ncnc23)C1=O. The van der Waals surface area contributed by atoms with Gasteiger partial charge in [-0.05, 0) is 11.8 Å². The lowest BCUT2D eigenvalue weighted by molar-refractivity contribution is -0.344. The molecule has 1 atom stereocenters. The molecule has 3 N–H and O–H groups in total. The van der Waals surface area contributed by atoms with Crippen molar-refractivity contribution in [3.63, 3.8) is 0 Å². The Balaban J connectivity index is 0.000000277. The fourth-order valence-electron chi connectivity index (χ4n) is 2.13. The number of hydrogen-bond donors (Lipinski definition) is 1. The number of hydrogen-bond acceptors (Lipinski definition) is 7. The van der Waals surface area contributed by atoms with Crippen molar-refractivity contribution in [1.82, 2.24) is 14.9 Å². The van der Waals surface area contributed by atoms with E-state index in [2.05, 4.69) is 9.97 Å². The van der Waals surface area contributed by atoms with Gasteiger partial charge in [0.2, 0.25) is 5.91 Å². The van der Waals surface area contributed by atoms with E-state index in [1.54, 1.807) is 4.90 Å². The summed E-state index contributed by atoms with van der Waals surface area (Å²) in [5.74, 6) is -2.63. The Morgan fingerprint density at radius 3 is 2.64 bits per heavy atom. The average Bonchev–Trinajstić information content (AvgIpc) is 3.07. The van der Waals surface area contributed by atoms with Crippen LogP contribution in [0.4, 0.5) is 19.0 Å². The van der Waals surface area contributed by atoms with Gasteiger partial charge >= 0.3 is 6.18 Å². The highest BCUT2D eigenvalue weighted by Crippen LogP contribution is 2.29. The van der Waals surface area contributed by atoms with E-state index in [-0.39, 0.29) is 5.91 Å². The zero-order chi connectivity index (χ0) is 18.8. The largest absolute Gasteiger partial charge is 0.667 e. The van der Waals surface area contributed by atoms with Crippen molar-refractivity contribution in [3.05, 3.63) is 23.0 Å². The summed E-state index contributed by atoms with van der Waals surface area (Å²) in [4.78, 5) is 30.4. The second kappa shape index (κ2) is 7.19. The predicted octanol–water partition coefficient (Wildman–Crippen LogP) is 0.725. The second-order valence-electron chi connectivity index (χ2n) is 5.08. The lowest BCUT2D eigenvalue weighted by Crippen LogP contribution is -2.37. The molecule has 1 aliphatic rings. The number of carboxylic acid groups (broad SMARTS) is 1. The molecule has 1 amide bonds. The van der Waals surface area contributed by atoms with Crippen LogP contribution in [0.5, 0.6) is 0 Å². The molecule has 0 saturated carbocycles. The summed E-state index contributed by atoms with van der Waals surface area (Å²) < 4.78 is 32.4. The number of nitrogens with zero attached hydrogens (tertiary/aromatic N) is 3. The van der Waals surface area contributed by atoms with Crippen molar-refractivity contribution in [2.24, 2.45) is 0 Å². The third-order valence-corrected chi connectivity index (χ3v) is 4.39. The topological polar surface area (TPSA) is 136 Å². The number of carbonyl (C=O) groups excluding carboxylic acids is 2. The van der Waals surface area contributed by atoms with Crippen LogP contribution < -0.4 is 10.8 Å². The van der Waals surface area contributed by atoms with Crippen molar-refractivity contribution >= 4 is 39.2 Å². The molecule has 3 rings (SSSR count). The van der Waals surface area contributed by atoms with Crippen LogP contribution in [0.3, 0.4) is 0 Å². The van der Waals surface area contributed by atoms with Gasteiger partial charge < -0.3 is 26.3 Å². The number of fused-ring (bicyclic) bond motifs is 1. The van der Waals surface area contributed by atoms with E-state index >= 15 is 0 Å². The standard InChI is InChI=1S/C11H12N5OS.C2HF3O2/c12-7-1-2-16(11(7)17)3-6-4-18-9-8(6)14-5-15-10(9)13;3-2(4,5)1(6)7/h4-5,7,12H,1-3H2,(H2,13,14,15);(H,6,7)/q-1;/p-1/t7-;/m0./s1. The highest BCUT2D eigenvalue weighted by molar-refractivity contribution is 7.17. The number of carboxylic acids is 1. The number of aromatic nitrogens is 2. The number of halogens is 3. The predicted molar refractivity (Wildman–Crippen MR) is 81.0 cm³/mol. The highest BCUT2D eigenvalue weighted by atomic mass is 32.1. The number of anilines is 1. The lowest BCUT2D eigenvalue weighted by atomic mass is 10.2. The summed E-state index contributed by atoms with van der Waals surface area (Å²) in [6.07, 6.45) is -3.15. The molecule has 0 aromatic carbocycles. The number of likely N-dealkylation sites (tertiary alicyclic amines) is 1. The van der Waals surface area contributed by atoms with Crippen LogP contribution in [-0.2, 0) is 16.1 Å². The molecule has 0 unspecified atom stereocenters. The maximum atomic E-state index is 11.7. The van der Waals surface area contributed by atoms with Crippen LogP contribution in [0.15, 0.2) is 11.7 Å². The zero-order valence-corrected chi connectivity index (χ0v) is 13.4. The minimum Gasteiger partial charge on any atom is -0.667 e. The van der Waals surface area contributed by atoms with E-state index in [1.807, 2.05) is 5.38 Å². The lowest BCUT2D eigenvalue weighted by Gasteiger charge is -2.17. The van der Waals surface area contributed by atoms with E-state index in [9.17, 15) is 18.0 Å². The number of nitrogen functional groups attached to an aromatic ring is 1. The van der Waals surface area contributed by atoms with Gasteiger partial charge in [0.25, 0.3) is 0 Å². The summed E-state index contributed by atoms with van der Waals surface area (Å²) in [6, 6.07) is -0.602. The Kier molecular flexibility index (Phi) is 5.42. The molecule has 1 saturated heterocycles. The van der Waals surface area contributed by atoms with Crippen molar-refractivity contribution in [1.29, 1.82) is 0 Å². The quantitative estimate of drug-likeness (QED) is 0.821. The van der Waals surface area contributed by atoms with Crippen molar-refractivity contribution in [2.75, 3.05) is 12.3 Å². The van der Waals surface area contributed by atoms with E-state index in [4.69, 9.17) is 21.4 Å². The number of carbonyl (C=O) groups is 2. The smallest absolute Gasteiger partial charge is 0.430 e. The number of rotatable bonds is 2. The molecule has 0 aliphatic carbocycles. The third kappa shape index (κ3) is 4.33.